The zero-order valence-electron chi connectivity index (χ0n) is 25.6. The number of carboxylic acids is 1. The molecule has 11 atom stereocenters. The largest absolute Gasteiger partial charge is 0.481 e. The molecule has 42 heavy (non-hydrogen) atoms. The van der Waals surface area contributed by atoms with E-state index in [2.05, 4.69) is 20.8 Å². The highest BCUT2D eigenvalue weighted by Gasteiger charge is 2.65. The molecular weight excluding hydrogens is 556 g/mol. The van der Waals surface area contributed by atoms with E-state index in [1.54, 1.807) is 24.3 Å². The number of carbonyl (C=O) groups is 1. The third-order valence-electron chi connectivity index (χ3n) is 12.3. The van der Waals surface area contributed by atoms with Gasteiger partial charge >= 0.3 is 5.97 Å². The molecule has 3 N–H and O–H groups in total. The van der Waals surface area contributed by atoms with Crippen molar-refractivity contribution in [3.8, 4) is 0 Å². The molecular formula is C33H50O8S. The van der Waals surface area contributed by atoms with Crippen LogP contribution in [0.1, 0.15) is 84.1 Å². The lowest BCUT2D eigenvalue weighted by Gasteiger charge is -2.63. The fourth-order valence-corrected chi connectivity index (χ4v) is 10.8. The molecule has 0 spiro atoms. The summed E-state index contributed by atoms with van der Waals surface area (Å²) in [6, 6.07) is 6.58. The number of ether oxygens (including phenoxy) is 1. The van der Waals surface area contributed by atoms with Crippen LogP contribution in [0.3, 0.4) is 0 Å². The van der Waals surface area contributed by atoms with Crippen LogP contribution in [0, 0.1) is 53.3 Å². The second-order valence-corrected chi connectivity index (χ2v) is 16.0. The van der Waals surface area contributed by atoms with Crippen molar-refractivity contribution >= 4 is 16.1 Å². The van der Waals surface area contributed by atoms with Crippen LogP contribution >= 0.6 is 0 Å². The fourth-order valence-electron chi connectivity index (χ4n) is 9.95. The van der Waals surface area contributed by atoms with Crippen LogP contribution in [-0.2, 0) is 23.8 Å². The fraction of sp³-hybridized carbons (Fsp3) is 0.788. The van der Waals surface area contributed by atoms with Gasteiger partial charge in [0, 0.05) is 6.42 Å². The molecule has 5 rings (SSSR count). The number of benzene rings is 1. The van der Waals surface area contributed by atoms with Gasteiger partial charge in [-0.1, -0.05) is 38.5 Å². The number of aliphatic hydroxyl groups excluding tert-OH is 2. The van der Waals surface area contributed by atoms with Crippen LogP contribution in [0.2, 0.25) is 0 Å². The number of hydrogen-bond donors (Lipinski definition) is 3. The molecule has 0 unspecified atom stereocenters. The van der Waals surface area contributed by atoms with Gasteiger partial charge in [0.2, 0.25) is 0 Å². The Morgan fingerprint density at radius 1 is 1.02 bits per heavy atom. The minimum atomic E-state index is -3.83. The summed E-state index contributed by atoms with van der Waals surface area (Å²) in [7, 11) is -3.83. The second kappa shape index (κ2) is 12.1. The first-order chi connectivity index (χ1) is 19.8. The van der Waals surface area contributed by atoms with E-state index in [0.717, 1.165) is 44.1 Å². The van der Waals surface area contributed by atoms with E-state index in [1.165, 1.54) is 0 Å². The van der Waals surface area contributed by atoms with Crippen molar-refractivity contribution in [2.45, 2.75) is 109 Å². The van der Waals surface area contributed by atoms with Crippen molar-refractivity contribution in [1.82, 2.24) is 0 Å². The molecule has 1 aromatic rings. The first-order valence-electron chi connectivity index (χ1n) is 15.9. The molecule has 1 aromatic carbocycles. The first-order valence-corrected chi connectivity index (χ1v) is 17.3. The molecule has 9 heteroatoms. The summed E-state index contributed by atoms with van der Waals surface area (Å²) in [5, 5.41) is 32.6. The van der Waals surface area contributed by atoms with Crippen molar-refractivity contribution in [2.75, 3.05) is 13.2 Å². The smallest absolute Gasteiger partial charge is 0.303 e. The first kappa shape index (κ1) is 31.9. The van der Waals surface area contributed by atoms with Crippen LogP contribution in [0.4, 0.5) is 0 Å². The van der Waals surface area contributed by atoms with E-state index in [4.69, 9.17) is 8.92 Å². The minimum absolute atomic E-state index is 0.00432. The Morgan fingerprint density at radius 2 is 1.74 bits per heavy atom. The summed E-state index contributed by atoms with van der Waals surface area (Å²) in [4.78, 5) is 11.4. The summed E-state index contributed by atoms with van der Waals surface area (Å²) in [5.74, 6) is 0.592. The van der Waals surface area contributed by atoms with Crippen LogP contribution in [0.15, 0.2) is 29.2 Å². The van der Waals surface area contributed by atoms with Gasteiger partial charge in [-0.25, -0.2) is 0 Å². The van der Waals surface area contributed by atoms with E-state index in [-0.39, 0.29) is 77.0 Å². The zero-order valence-corrected chi connectivity index (χ0v) is 26.4. The Kier molecular flexibility index (Phi) is 9.19. The zero-order chi connectivity index (χ0) is 30.4. The predicted octanol–water partition coefficient (Wildman–Crippen LogP) is 5.19. The highest BCUT2D eigenvalue weighted by Crippen LogP contribution is 2.68. The van der Waals surface area contributed by atoms with E-state index in [9.17, 15) is 28.5 Å². The van der Waals surface area contributed by atoms with Gasteiger partial charge in [0.25, 0.3) is 10.1 Å². The quantitative estimate of drug-likeness (QED) is 0.245. The monoisotopic (exact) mass is 606 g/mol. The SMILES string of the molecule is Cc1ccc(S(=O)(=O)OCCO[C@H]2CC[C@@]3(C)[C@@H](C2)C[C@@H](O)[C@@H]2[C@@H]3C[C@H](O)[C@]3(C)[C@@H]([C@H](C)CCC(=O)O)CC[C@@H]23)cc1. The summed E-state index contributed by atoms with van der Waals surface area (Å²) >= 11 is 0. The Hall–Kier alpha value is -1.52. The Morgan fingerprint density at radius 3 is 2.43 bits per heavy atom. The molecule has 4 saturated carbocycles. The van der Waals surface area contributed by atoms with Gasteiger partial charge < -0.3 is 20.1 Å². The summed E-state index contributed by atoms with van der Waals surface area (Å²) in [6.07, 6.45) is 5.86. The maximum absolute atomic E-state index is 12.5. The molecule has 236 valence electrons. The van der Waals surface area contributed by atoms with Gasteiger partial charge in [-0.15, -0.1) is 0 Å². The number of rotatable bonds is 10. The summed E-state index contributed by atoms with van der Waals surface area (Å²) < 4.78 is 36.3. The van der Waals surface area contributed by atoms with Crippen LogP contribution < -0.4 is 0 Å². The van der Waals surface area contributed by atoms with Gasteiger partial charge in [-0.3, -0.25) is 8.98 Å². The van der Waals surface area contributed by atoms with Crippen molar-refractivity contribution in [1.29, 1.82) is 0 Å². The average molecular weight is 607 g/mol. The number of aliphatic hydroxyl groups is 2. The molecule has 0 aliphatic heterocycles. The molecule has 4 aliphatic rings. The topological polar surface area (TPSA) is 130 Å². The normalized spacial score (nSPS) is 40.5. The van der Waals surface area contributed by atoms with Gasteiger partial charge in [-0.05, 0) is 117 Å². The van der Waals surface area contributed by atoms with E-state index in [1.807, 2.05) is 6.92 Å². The second-order valence-electron chi connectivity index (χ2n) is 14.4. The molecule has 4 fully saturated rings. The third-order valence-corrected chi connectivity index (χ3v) is 13.6. The molecule has 4 aliphatic carbocycles. The van der Waals surface area contributed by atoms with Crippen molar-refractivity contribution in [3.05, 3.63) is 29.8 Å². The van der Waals surface area contributed by atoms with E-state index >= 15 is 0 Å². The molecule has 0 bridgehead atoms. The van der Waals surface area contributed by atoms with Gasteiger partial charge in [0.15, 0.2) is 0 Å². The lowest BCUT2D eigenvalue weighted by molar-refractivity contribution is -0.209. The molecule has 0 heterocycles. The van der Waals surface area contributed by atoms with Crippen molar-refractivity contribution < 1.29 is 37.5 Å². The molecule has 0 saturated heterocycles. The summed E-state index contributed by atoms with van der Waals surface area (Å²) in [6.45, 7) is 8.75. The summed E-state index contributed by atoms with van der Waals surface area (Å²) in [5.41, 5.74) is 0.680. The maximum atomic E-state index is 12.5. The average Bonchev–Trinajstić information content (AvgIpc) is 3.29. The van der Waals surface area contributed by atoms with Crippen LogP contribution in [0.25, 0.3) is 0 Å². The number of fused-ring (bicyclic) bond motifs is 5. The number of carboxylic acid groups (broad SMARTS) is 1. The molecule has 0 aromatic heterocycles. The highest BCUT2D eigenvalue weighted by atomic mass is 32.2. The molecule has 0 amide bonds. The van der Waals surface area contributed by atoms with Crippen molar-refractivity contribution in [2.24, 2.45) is 46.3 Å². The minimum Gasteiger partial charge on any atom is -0.481 e. The van der Waals surface area contributed by atoms with Crippen LogP contribution in [0.5, 0.6) is 0 Å². The Balaban J connectivity index is 1.20. The third kappa shape index (κ3) is 5.81. The maximum Gasteiger partial charge on any atom is 0.303 e. The standard InChI is InChI=1S/C33H50O8S/c1-20-5-8-24(9-6-20)42(38,39)41-16-15-40-23-13-14-32(3)22(17-23)18-28(34)31-26-11-10-25(21(2)7-12-30(36)37)33(26,4)29(35)19-27(31)32/h5-6,8-9,21-23,25-29,31,34-35H,7,10-19H2,1-4H3,(H,36,37)/t21-,22+,23+,25-,26+,27+,28-,29+,31+,32+,33-/m1/s1. The number of hydrogen-bond acceptors (Lipinski definition) is 7. The number of aryl methyl sites for hydroxylation is 1. The lowest BCUT2D eigenvalue weighted by atomic mass is 9.43. The van der Waals surface area contributed by atoms with Gasteiger partial charge in [-0.2, -0.15) is 8.42 Å². The predicted molar refractivity (Wildman–Crippen MR) is 158 cm³/mol. The number of aliphatic carboxylic acids is 1. The van der Waals surface area contributed by atoms with E-state index in [0.29, 0.717) is 12.8 Å². The van der Waals surface area contributed by atoms with Crippen LogP contribution in [-0.4, -0.2) is 61.2 Å². The molecule has 0 radical (unpaired) electrons. The Bertz CT molecular complexity index is 1220. The molecule has 8 nitrogen and oxygen atoms in total. The lowest BCUT2D eigenvalue weighted by Crippen LogP contribution is -2.62. The Labute approximate surface area is 251 Å². The van der Waals surface area contributed by atoms with Gasteiger partial charge in [0.05, 0.1) is 36.4 Å². The highest BCUT2D eigenvalue weighted by molar-refractivity contribution is 7.86. The van der Waals surface area contributed by atoms with Gasteiger partial charge in [0.1, 0.15) is 0 Å². The van der Waals surface area contributed by atoms with E-state index < -0.39 is 28.3 Å². The van der Waals surface area contributed by atoms with Crippen molar-refractivity contribution in [3.63, 3.8) is 0 Å².